The lowest BCUT2D eigenvalue weighted by Crippen LogP contribution is -2.38. The van der Waals surface area contributed by atoms with Crippen molar-refractivity contribution in [3.8, 4) is 0 Å². The van der Waals surface area contributed by atoms with Crippen LogP contribution in [0.25, 0.3) is 0 Å². The summed E-state index contributed by atoms with van der Waals surface area (Å²) in [6, 6.07) is 0.552. The molecule has 3 heteroatoms. The van der Waals surface area contributed by atoms with Crippen LogP contribution in [0.4, 0.5) is 0 Å². The van der Waals surface area contributed by atoms with Crippen LogP contribution >= 0.6 is 0 Å². The lowest BCUT2D eigenvalue weighted by molar-refractivity contribution is 0.346. The standard InChI is InChI=1S/C14H27N3/c1-5-7-12(3)13(15-8-6-2)11-14-16-9-10-17(14)4/h9-10,12-13,15H,5-8,11H2,1-4H3. The van der Waals surface area contributed by atoms with Crippen molar-refractivity contribution in [3.63, 3.8) is 0 Å². The molecule has 3 nitrogen and oxygen atoms in total. The van der Waals surface area contributed by atoms with E-state index in [1.54, 1.807) is 0 Å². The van der Waals surface area contributed by atoms with E-state index in [9.17, 15) is 0 Å². The molecule has 98 valence electrons. The highest BCUT2D eigenvalue weighted by molar-refractivity contribution is 4.95. The largest absolute Gasteiger partial charge is 0.338 e. The van der Waals surface area contributed by atoms with Gasteiger partial charge in [0.2, 0.25) is 0 Å². The number of hydrogen-bond acceptors (Lipinski definition) is 2. The molecule has 1 aromatic rings. The predicted octanol–water partition coefficient (Wildman–Crippen LogP) is 2.77. The molecule has 0 spiro atoms. The third kappa shape index (κ3) is 4.50. The first-order valence-corrected chi connectivity index (χ1v) is 6.88. The highest BCUT2D eigenvalue weighted by Crippen LogP contribution is 2.14. The summed E-state index contributed by atoms with van der Waals surface area (Å²) < 4.78 is 2.12. The van der Waals surface area contributed by atoms with Gasteiger partial charge in [-0.15, -0.1) is 0 Å². The van der Waals surface area contributed by atoms with Crippen LogP contribution in [0.5, 0.6) is 0 Å². The number of nitrogens with zero attached hydrogens (tertiary/aromatic N) is 2. The Morgan fingerprint density at radius 1 is 1.35 bits per heavy atom. The summed E-state index contributed by atoms with van der Waals surface area (Å²) in [6.45, 7) is 7.92. The third-order valence-corrected chi connectivity index (χ3v) is 3.41. The average Bonchev–Trinajstić information content (AvgIpc) is 2.70. The molecular weight excluding hydrogens is 210 g/mol. The Balaban J connectivity index is 2.59. The predicted molar refractivity (Wildman–Crippen MR) is 73.1 cm³/mol. The van der Waals surface area contributed by atoms with Crippen LogP contribution < -0.4 is 5.32 Å². The SMILES string of the molecule is CCCNC(Cc1nccn1C)C(C)CCC. The van der Waals surface area contributed by atoms with Crippen LogP contribution in [0.2, 0.25) is 0 Å². The molecular formula is C14H27N3. The van der Waals surface area contributed by atoms with E-state index in [2.05, 4.69) is 42.7 Å². The van der Waals surface area contributed by atoms with Crippen molar-refractivity contribution in [2.75, 3.05) is 6.54 Å². The molecule has 0 aromatic carbocycles. The molecule has 0 aliphatic rings. The Labute approximate surface area is 106 Å². The van der Waals surface area contributed by atoms with Gasteiger partial charge in [-0.2, -0.15) is 0 Å². The molecule has 1 N–H and O–H groups in total. The third-order valence-electron chi connectivity index (χ3n) is 3.41. The molecule has 2 unspecified atom stereocenters. The number of aromatic nitrogens is 2. The van der Waals surface area contributed by atoms with Gasteiger partial charge in [0.15, 0.2) is 0 Å². The Bertz CT molecular complexity index is 306. The molecule has 0 saturated heterocycles. The van der Waals surface area contributed by atoms with Crippen molar-refractivity contribution in [2.24, 2.45) is 13.0 Å². The Morgan fingerprint density at radius 3 is 2.65 bits per heavy atom. The highest BCUT2D eigenvalue weighted by atomic mass is 15.0. The second-order valence-corrected chi connectivity index (χ2v) is 4.99. The second kappa shape index (κ2) is 7.49. The number of aryl methyl sites for hydroxylation is 1. The van der Waals surface area contributed by atoms with E-state index in [0.29, 0.717) is 12.0 Å². The molecule has 0 aliphatic heterocycles. The van der Waals surface area contributed by atoms with Gasteiger partial charge in [0.1, 0.15) is 5.82 Å². The van der Waals surface area contributed by atoms with Gasteiger partial charge in [-0.3, -0.25) is 0 Å². The van der Waals surface area contributed by atoms with E-state index in [-0.39, 0.29) is 0 Å². The molecule has 0 aliphatic carbocycles. The lowest BCUT2D eigenvalue weighted by Gasteiger charge is -2.24. The van der Waals surface area contributed by atoms with Crippen LogP contribution in [-0.4, -0.2) is 22.1 Å². The van der Waals surface area contributed by atoms with E-state index in [1.807, 2.05) is 12.4 Å². The van der Waals surface area contributed by atoms with E-state index >= 15 is 0 Å². The van der Waals surface area contributed by atoms with Crippen molar-refractivity contribution in [3.05, 3.63) is 18.2 Å². The molecule has 0 amide bonds. The first-order valence-electron chi connectivity index (χ1n) is 6.88. The van der Waals surface area contributed by atoms with Crippen LogP contribution in [0, 0.1) is 5.92 Å². The van der Waals surface area contributed by atoms with Gasteiger partial charge in [-0.1, -0.05) is 27.2 Å². The molecule has 0 saturated carbocycles. The molecule has 1 rings (SSSR count). The molecule has 0 fully saturated rings. The fourth-order valence-electron chi connectivity index (χ4n) is 2.25. The molecule has 2 atom stereocenters. The normalized spacial score (nSPS) is 14.8. The smallest absolute Gasteiger partial charge is 0.109 e. The van der Waals surface area contributed by atoms with Crippen LogP contribution in [-0.2, 0) is 13.5 Å². The summed E-state index contributed by atoms with van der Waals surface area (Å²) in [5.74, 6) is 1.89. The maximum absolute atomic E-state index is 4.43. The maximum Gasteiger partial charge on any atom is 0.109 e. The van der Waals surface area contributed by atoms with Gasteiger partial charge in [0.05, 0.1) is 0 Å². The van der Waals surface area contributed by atoms with Gasteiger partial charge in [0.25, 0.3) is 0 Å². The summed E-state index contributed by atoms with van der Waals surface area (Å²) >= 11 is 0. The van der Waals surface area contributed by atoms with Gasteiger partial charge in [-0.05, 0) is 25.3 Å². The number of rotatable bonds is 8. The van der Waals surface area contributed by atoms with E-state index in [4.69, 9.17) is 0 Å². The van der Waals surface area contributed by atoms with Crippen molar-refractivity contribution in [1.29, 1.82) is 0 Å². The summed E-state index contributed by atoms with van der Waals surface area (Å²) in [4.78, 5) is 4.43. The van der Waals surface area contributed by atoms with E-state index in [1.165, 1.54) is 25.1 Å². The number of hydrogen-bond donors (Lipinski definition) is 1. The van der Waals surface area contributed by atoms with Gasteiger partial charge >= 0.3 is 0 Å². The second-order valence-electron chi connectivity index (χ2n) is 4.99. The minimum Gasteiger partial charge on any atom is -0.338 e. The van der Waals surface area contributed by atoms with Crippen molar-refractivity contribution in [2.45, 2.75) is 52.5 Å². The molecule has 1 heterocycles. The highest BCUT2D eigenvalue weighted by Gasteiger charge is 2.18. The zero-order valence-corrected chi connectivity index (χ0v) is 11.7. The number of imidazole rings is 1. The number of nitrogens with one attached hydrogen (secondary N) is 1. The van der Waals surface area contributed by atoms with Crippen LogP contribution in [0.3, 0.4) is 0 Å². The maximum atomic E-state index is 4.43. The van der Waals surface area contributed by atoms with Gasteiger partial charge in [-0.25, -0.2) is 4.98 Å². The van der Waals surface area contributed by atoms with Crippen molar-refractivity contribution >= 4 is 0 Å². The minimum absolute atomic E-state index is 0.552. The zero-order valence-electron chi connectivity index (χ0n) is 11.7. The van der Waals surface area contributed by atoms with Gasteiger partial charge in [0, 0.05) is 31.9 Å². The zero-order chi connectivity index (χ0) is 12.7. The Morgan fingerprint density at radius 2 is 2.12 bits per heavy atom. The monoisotopic (exact) mass is 237 g/mol. The first-order chi connectivity index (χ1) is 8.19. The summed E-state index contributed by atoms with van der Waals surface area (Å²) in [5, 5.41) is 3.67. The van der Waals surface area contributed by atoms with E-state index in [0.717, 1.165) is 13.0 Å². The minimum atomic E-state index is 0.552. The van der Waals surface area contributed by atoms with Crippen molar-refractivity contribution in [1.82, 2.24) is 14.9 Å². The van der Waals surface area contributed by atoms with Crippen molar-refractivity contribution < 1.29 is 0 Å². The van der Waals surface area contributed by atoms with Crippen LogP contribution in [0.15, 0.2) is 12.4 Å². The average molecular weight is 237 g/mol. The summed E-state index contributed by atoms with van der Waals surface area (Å²) in [5.41, 5.74) is 0. The molecule has 17 heavy (non-hydrogen) atoms. The first kappa shape index (κ1) is 14.2. The van der Waals surface area contributed by atoms with Crippen LogP contribution in [0.1, 0.15) is 45.9 Å². The lowest BCUT2D eigenvalue weighted by atomic mass is 9.94. The van der Waals surface area contributed by atoms with Gasteiger partial charge < -0.3 is 9.88 Å². The summed E-state index contributed by atoms with van der Waals surface area (Å²) in [7, 11) is 2.07. The topological polar surface area (TPSA) is 29.9 Å². The molecule has 0 bridgehead atoms. The fraction of sp³-hybridized carbons (Fsp3) is 0.786. The van der Waals surface area contributed by atoms with E-state index < -0.39 is 0 Å². The quantitative estimate of drug-likeness (QED) is 0.753. The molecule has 0 radical (unpaired) electrons. The Hall–Kier alpha value is -0.830. The fourth-order valence-corrected chi connectivity index (χ4v) is 2.25. The summed E-state index contributed by atoms with van der Waals surface area (Å²) in [6.07, 6.45) is 8.67. The Kier molecular flexibility index (Phi) is 6.27. The molecule has 1 aromatic heterocycles.